The second kappa shape index (κ2) is 11.6. The molecule has 32 heavy (non-hydrogen) atoms. The van der Waals surface area contributed by atoms with Crippen LogP contribution in [-0.4, -0.2) is 38.8 Å². The molecule has 2 aliphatic carbocycles. The number of hydrogen-bond acceptors (Lipinski definition) is 6. The molecule has 1 heterocycles. The number of halogens is 2. The summed E-state index contributed by atoms with van der Waals surface area (Å²) in [6.45, 7) is 0.0964. The lowest BCUT2D eigenvalue weighted by atomic mass is 9.88. The number of carbonyl (C=O) groups excluding carboxylic acids is 1. The van der Waals surface area contributed by atoms with Crippen molar-refractivity contribution in [1.82, 2.24) is 15.1 Å². The second-order valence-corrected chi connectivity index (χ2v) is 10.3. The Labute approximate surface area is 203 Å². The van der Waals surface area contributed by atoms with E-state index in [-0.39, 0.29) is 12.5 Å². The van der Waals surface area contributed by atoms with Crippen molar-refractivity contribution in [3.05, 3.63) is 34.1 Å². The molecule has 0 saturated heterocycles. The smallest absolute Gasteiger partial charge is 0.277 e. The molecule has 1 amide bonds. The average molecular weight is 498 g/mol. The molecule has 1 aromatic carbocycles. The number of amides is 1. The molecule has 2 aromatic rings. The highest BCUT2D eigenvalue weighted by Crippen LogP contribution is 2.32. The fourth-order valence-electron chi connectivity index (χ4n) is 4.71. The van der Waals surface area contributed by atoms with Gasteiger partial charge in [0.2, 0.25) is 5.91 Å². The molecule has 0 bridgehead atoms. The van der Waals surface area contributed by atoms with Crippen molar-refractivity contribution in [1.29, 1.82) is 0 Å². The number of ether oxygens (including phenoxy) is 1. The molecule has 174 valence electrons. The first-order valence-electron chi connectivity index (χ1n) is 11.4. The van der Waals surface area contributed by atoms with Crippen LogP contribution in [0, 0.1) is 0 Å². The SMILES string of the molecule is O=C(CSc1nnc(COc2ccc(Cl)cc2Cl)o1)N(C1CCCCC1)C1CCCCC1. The molecule has 4 rings (SSSR count). The minimum absolute atomic E-state index is 0.0964. The number of hydrogen-bond donors (Lipinski definition) is 0. The number of rotatable bonds is 8. The van der Waals surface area contributed by atoms with Crippen molar-refractivity contribution in [3.63, 3.8) is 0 Å². The molecule has 2 fully saturated rings. The Morgan fingerprint density at radius 3 is 2.31 bits per heavy atom. The molecule has 0 spiro atoms. The van der Waals surface area contributed by atoms with Gasteiger partial charge in [-0.1, -0.05) is 73.5 Å². The highest BCUT2D eigenvalue weighted by atomic mass is 35.5. The Morgan fingerprint density at radius 2 is 1.69 bits per heavy atom. The molecule has 9 heteroatoms. The molecule has 0 radical (unpaired) electrons. The van der Waals surface area contributed by atoms with Gasteiger partial charge in [-0.05, 0) is 43.9 Å². The molecular formula is C23H29Cl2N3O3S. The number of nitrogens with zero attached hydrogens (tertiary/aromatic N) is 3. The number of carbonyl (C=O) groups is 1. The summed E-state index contributed by atoms with van der Waals surface area (Å²) in [5, 5.41) is 9.43. The number of benzene rings is 1. The van der Waals surface area contributed by atoms with E-state index in [1.807, 2.05) is 0 Å². The first kappa shape index (κ1) is 23.7. The van der Waals surface area contributed by atoms with Crippen LogP contribution in [-0.2, 0) is 11.4 Å². The van der Waals surface area contributed by atoms with Gasteiger partial charge >= 0.3 is 0 Å². The van der Waals surface area contributed by atoms with E-state index in [0.29, 0.717) is 44.7 Å². The fraction of sp³-hybridized carbons (Fsp3) is 0.609. The summed E-state index contributed by atoms with van der Waals surface area (Å²) in [5.41, 5.74) is 0. The Balaban J connectivity index is 1.32. The maximum absolute atomic E-state index is 13.3. The largest absolute Gasteiger partial charge is 0.482 e. The predicted molar refractivity (Wildman–Crippen MR) is 126 cm³/mol. The van der Waals surface area contributed by atoms with Crippen LogP contribution >= 0.6 is 35.0 Å². The van der Waals surface area contributed by atoms with E-state index >= 15 is 0 Å². The Morgan fingerprint density at radius 1 is 1.03 bits per heavy atom. The van der Waals surface area contributed by atoms with Gasteiger partial charge in [-0.2, -0.15) is 0 Å². The van der Waals surface area contributed by atoms with Crippen molar-refractivity contribution in [2.24, 2.45) is 0 Å². The van der Waals surface area contributed by atoms with E-state index in [4.69, 9.17) is 32.4 Å². The molecule has 0 N–H and O–H groups in total. The lowest BCUT2D eigenvalue weighted by Crippen LogP contribution is -2.49. The van der Waals surface area contributed by atoms with Gasteiger partial charge in [-0.15, -0.1) is 10.2 Å². The lowest BCUT2D eigenvalue weighted by Gasteiger charge is -2.41. The van der Waals surface area contributed by atoms with E-state index in [1.54, 1.807) is 18.2 Å². The maximum Gasteiger partial charge on any atom is 0.277 e. The standard InChI is InChI=1S/C23H29Cl2N3O3S/c24-16-11-12-20(19(25)13-16)30-14-21-26-27-23(31-21)32-15-22(29)28(17-7-3-1-4-8-17)18-9-5-2-6-10-18/h11-13,17-18H,1-10,14-15H2. The van der Waals surface area contributed by atoms with Crippen LogP contribution in [0.5, 0.6) is 5.75 Å². The van der Waals surface area contributed by atoms with Gasteiger partial charge in [0.15, 0.2) is 6.61 Å². The monoisotopic (exact) mass is 497 g/mol. The first-order valence-corrected chi connectivity index (χ1v) is 13.2. The molecular weight excluding hydrogens is 469 g/mol. The van der Waals surface area contributed by atoms with E-state index in [0.717, 1.165) is 25.7 Å². The van der Waals surface area contributed by atoms with E-state index in [1.165, 1.54) is 50.3 Å². The summed E-state index contributed by atoms with van der Waals surface area (Å²) in [7, 11) is 0. The summed E-state index contributed by atoms with van der Waals surface area (Å²) in [6.07, 6.45) is 12.0. The molecule has 0 unspecified atom stereocenters. The van der Waals surface area contributed by atoms with Gasteiger partial charge in [-0.25, -0.2) is 0 Å². The van der Waals surface area contributed by atoms with Crippen LogP contribution in [0.25, 0.3) is 0 Å². The Kier molecular flexibility index (Phi) is 8.61. The highest BCUT2D eigenvalue weighted by molar-refractivity contribution is 7.99. The van der Waals surface area contributed by atoms with Crippen LogP contribution in [0.2, 0.25) is 10.0 Å². The quantitative estimate of drug-likeness (QED) is 0.385. The third-order valence-electron chi connectivity index (χ3n) is 6.24. The van der Waals surface area contributed by atoms with Crippen LogP contribution in [0.3, 0.4) is 0 Å². The fourth-order valence-corrected chi connectivity index (χ4v) is 5.82. The van der Waals surface area contributed by atoms with Crippen molar-refractivity contribution < 1.29 is 13.9 Å². The zero-order valence-electron chi connectivity index (χ0n) is 18.1. The predicted octanol–water partition coefficient (Wildman–Crippen LogP) is 6.54. The molecule has 2 aliphatic rings. The summed E-state index contributed by atoms with van der Waals surface area (Å²) < 4.78 is 11.3. The van der Waals surface area contributed by atoms with Gasteiger partial charge < -0.3 is 14.1 Å². The Hall–Kier alpha value is -1.44. The third-order valence-corrected chi connectivity index (χ3v) is 7.57. The summed E-state index contributed by atoms with van der Waals surface area (Å²) in [6, 6.07) is 5.78. The number of thioether (sulfide) groups is 1. The molecule has 0 aliphatic heterocycles. The summed E-state index contributed by atoms with van der Waals surface area (Å²) in [5.74, 6) is 1.34. The second-order valence-electron chi connectivity index (χ2n) is 8.50. The Bertz CT molecular complexity index is 880. The lowest BCUT2D eigenvalue weighted by molar-refractivity contribution is -0.135. The van der Waals surface area contributed by atoms with Crippen molar-refractivity contribution in [2.45, 2.75) is 88.1 Å². The summed E-state index contributed by atoms with van der Waals surface area (Å²) >= 11 is 13.3. The van der Waals surface area contributed by atoms with Gasteiger partial charge in [-0.3, -0.25) is 4.79 Å². The van der Waals surface area contributed by atoms with Crippen LogP contribution in [0.4, 0.5) is 0 Å². The molecule has 2 saturated carbocycles. The minimum atomic E-state index is 0.0964. The van der Waals surface area contributed by atoms with Crippen molar-refractivity contribution in [3.8, 4) is 5.75 Å². The number of aromatic nitrogens is 2. The van der Waals surface area contributed by atoms with Crippen LogP contribution < -0.4 is 4.74 Å². The minimum Gasteiger partial charge on any atom is -0.482 e. The van der Waals surface area contributed by atoms with Crippen LogP contribution in [0.1, 0.15) is 70.1 Å². The van der Waals surface area contributed by atoms with Crippen molar-refractivity contribution in [2.75, 3.05) is 5.75 Å². The molecule has 6 nitrogen and oxygen atoms in total. The normalized spacial score (nSPS) is 17.9. The zero-order chi connectivity index (χ0) is 22.3. The molecule has 1 aromatic heterocycles. The maximum atomic E-state index is 13.3. The van der Waals surface area contributed by atoms with Gasteiger partial charge in [0.05, 0.1) is 10.8 Å². The van der Waals surface area contributed by atoms with Crippen molar-refractivity contribution >= 4 is 40.9 Å². The van der Waals surface area contributed by atoms with E-state index in [9.17, 15) is 4.79 Å². The van der Waals surface area contributed by atoms with Gasteiger partial charge in [0.25, 0.3) is 11.1 Å². The summed E-state index contributed by atoms with van der Waals surface area (Å²) in [4.78, 5) is 15.5. The van der Waals surface area contributed by atoms with Crippen LogP contribution in [0.15, 0.2) is 27.8 Å². The highest BCUT2D eigenvalue weighted by Gasteiger charge is 2.32. The van der Waals surface area contributed by atoms with Gasteiger partial charge in [0.1, 0.15) is 5.75 Å². The zero-order valence-corrected chi connectivity index (χ0v) is 20.4. The first-order chi connectivity index (χ1) is 15.6. The topological polar surface area (TPSA) is 68.5 Å². The van der Waals surface area contributed by atoms with E-state index in [2.05, 4.69) is 15.1 Å². The van der Waals surface area contributed by atoms with E-state index < -0.39 is 0 Å². The molecule has 0 atom stereocenters. The average Bonchev–Trinajstić information content (AvgIpc) is 3.27. The van der Waals surface area contributed by atoms with Gasteiger partial charge in [0, 0.05) is 17.1 Å². The third kappa shape index (κ3) is 6.33.